The molecule has 1 fully saturated rings. The first kappa shape index (κ1) is 17.0. The van der Waals surface area contributed by atoms with Crippen molar-refractivity contribution in [3.8, 4) is 0 Å². The second-order valence-electron chi connectivity index (χ2n) is 5.04. The molecule has 1 heterocycles. The molecule has 122 valence electrons. The summed E-state index contributed by atoms with van der Waals surface area (Å²) in [5.41, 5.74) is 6.38. The van der Waals surface area contributed by atoms with E-state index in [-0.39, 0.29) is 43.5 Å². The zero-order valence-electron chi connectivity index (χ0n) is 12.4. The number of amides is 2. The molecule has 1 aliphatic heterocycles. The van der Waals surface area contributed by atoms with E-state index in [0.29, 0.717) is 17.0 Å². The molecule has 1 saturated heterocycles. The molecule has 2 amide bonds. The molecule has 0 spiro atoms. The topological polar surface area (TPSA) is 104 Å². The van der Waals surface area contributed by atoms with Crippen LogP contribution in [0.3, 0.4) is 0 Å². The Morgan fingerprint density at radius 3 is 2.43 bits per heavy atom. The maximum Gasteiger partial charge on any atom is 0.357 e. The minimum atomic E-state index is -0.527. The van der Waals surface area contributed by atoms with Crippen LogP contribution in [-0.4, -0.2) is 35.1 Å². The van der Waals surface area contributed by atoms with Gasteiger partial charge in [0.25, 0.3) is 0 Å². The van der Waals surface area contributed by atoms with Gasteiger partial charge in [0.15, 0.2) is 0 Å². The molecular formula is C15H17ClN3O4+. The summed E-state index contributed by atoms with van der Waals surface area (Å²) in [6.45, 7) is 0.225. The lowest BCUT2D eigenvalue weighted by Crippen LogP contribution is -2.75. The molecule has 0 aliphatic carbocycles. The van der Waals surface area contributed by atoms with E-state index in [0.717, 1.165) is 0 Å². The number of likely N-dealkylation sites (tertiary alicyclic amines) is 1. The van der Waals surface area contributed by atoms with Gasteiger partial charge in [0.1, 0.15) is 0 Å². The lowest BCUT2D eigenvalue weighted by atomic mass is 10.2. The number of rotatable bonds is 6. The summed E-state index contributed by atoms with van der Waals surface area (Å²) in [5.74, 6) is -0.732. The van der Waals surface area contributed by atoms with Crippen molar-refractivity contribution in [2.75, 3.05) is 6.54 Å². The third-order valence-corrected chi connectivity index (χ3v) is 3.60. The zero-order valence-corrected chi connectivity index (χ0v) is 13.1. The molecule has 1 aromatic rings. The molecule has 7 nitrogen and oxygen atoms in total. The van der Waals surface area contributed by atoms with E-state index >= 15 is 0 Å². The SMILES string of the molecule is NC(=[NH+]OC(=O)CCCN1C(=O)CCC1=O)c1ccc(Cl)cc1. The number of nitrogens with two attached hydrogens (primary N) is 1. The lowest BCUT2D eigenvalue weighted by Gasteiger charge is -2.12. The van der Waals surface area contributed by atoms with Crippen molar-refractivity contribution in [2.24, 2.45) is 5.73 Å². The maximum atomic E-state index is 11.6. The molecule has 0 atom stereocenters. The van der Waals surface area contributed by atoms with Gasteiger partial charge in [0.05, 0.1) is 12.0 Å². The quantitative estimate of drug-likeness (QED) is 0.239. The molecule has 0 unspecified atom stereocenters. The number of amidine groups is 1. The smallest absolute Gasteiger partial charge is 0.284 e. The highest BCUT2D eigenvalue weighted by Gasteiger charge is 2.28. The largest absolute Gasteiger partial charge is 0.357 e. The van der Waals surface area contributed by atoms with Gasteiger partial charge in [-0.2, -0.15) is 0 Å². The molecule has 3 N–H and O–H groups in total. The van der Waals surface area contributed by atoms with E-state index in [1.54, 1.807) is 24.3 Å². The van der Waals surface area contributed by atoms with Gasteiger partial charge in [-0.05, 0) is 30.7 Å². The van der Waals surface area contributed by atoms with Gasteiger partial charge in [0, 0.05) is 24.4 Å². The molecule has 2 rings (SSSR count). The lowest BCUT2D eigenvalue weighted by molar-refractivity contribution is -0.724. The van der Waals surface area contributed by atoms with Gasteiger partial charge in [-0.3, -0.25) is 25.1 Å². The fourth-order valence-electron chi connectivity index (χ4n) is 2.11. The number of halogens is 1. The van der Waals surface area contributed by atoms with E-state index in [9.17, 15) is 14.4 Å². The predicted molar refractivity (Wildman–Crippen MR) is 82.0 cm³/mol. The van der Waals surface area contributed by atoms with Crippen LogP contribution in [0.5, 0.6) is 0 Å². The normalized spacial score (nSPS) is 15.2. The molecule has 0 aromatic heterocycles. The Hall–Kier alpha value is -2.41. The fourth-order valence-corrected chi connectivity index (χ4v) is 2.23. The van der Waals surface area contributed by atoms with Gasteiger partial charge in [-0.15, -0.1) is 0 Å². The fraction of sp³-hybridized carbons (Fsp3) is 0.333. The number of carbonyl (C=O) groups is 3. The van der Waals surface area contributed by atoms with Crippen molar-refractivity contribution < 1.29 is 24.4 Å². The molecule has 23 heavy (non-hydrogen) atoms. The molecule has 0 radical (unpaired) electrons. The van der Waals surface area contributed by atoms with Gasteiger partial charge < -0.3 is 0 Å². The van der Waals surface area contributed by atoms with Crippen LogP contribution in [-0.2, 0) is 19.2 Å². The van der Waals surface area contributed by atoms with E-state index < -0.39 is 5.97 Å². The summed E-state index contributed by atoms with van der Waals surface area (Å²) < 4.78 is 0. The van der Waals surface area contributed by atoms with Crippen LogP contribution >= 0.6 is 11.6 Å². The van der Waals surface area contributed by atoms with E-state index in [1.807, 2.05) is 0 Å². The summed E-state index contributed by atoms with van der Waals surface area (Å²) in [6.07, 6.45) is 0.908. The molecular weight excluding hydrogens is 322 g/mol. The summed E-state index contributed by atoms with van der Waals surface area (Å²) in [5, 5.41) is 2.94. The Morgan fingerprint density at radius 2 is 1.83 bits per heavy atom. The first-order valence-corrected chi connectivity index (χ1v) is 7.52. The average Bonchev–Trinajstić information content (AvgIpc) is 2.85. The number of nitrogens with one attached hydrogen (secondary N) is 1. The number of benzene rings is 1. The van der Waals surface area contributed by atoms with E-state index in [4.69, 9.17) is 22.2 Å². The van der Waals surface area contributed by atoms with Crippen molar-refractivity contribution in [1.29, 1.82) is 0 Å². The summed E-state index contributed by atoms with van der Waals surface area (Å²) in [7, 11) is 0. The second-order valence-corrected chi connectivity index (χ2v) is 5.48. The Labute approximate surface area is 138 Å². The highest BCUT2D eigenvalue weighted by Crippen LogP contribution is 2.12. The summed E-state index contributed by atoms with van der Waals surface area (Å²) in [4.78, 5) is 40.4. The number of hydrogen-bond donors (Lipinski definition) is 2. The van der Waals surface area contributed by atoms with Gasteiger partial charge >= 0.3 is 11.8 Å². The van der Waals surface area contributed by atoms with Crippen molar-refractivity contribution >= 4 is 35.2 Å². The van der Waals surface area contributed by atoms with Gasteiger partial charge in [-0.1, -0.05) is 16.8 Å². The molecule has 1 aromatic carbocycles. The molecule has 0 saturated carbocycles. The van der Waals surface area contributed by atoms with Gasteiger partial charge in [0.2, 0.25) is 11.8 Å². The maximum absolute atomic E-state index is 11.6. The first-order valence-electron chi connectivity index (χ1n) is 7.14. The summed E-state index contributed by atoms with van der Waals surface area (Å²) in [6, 6.07) is 6.70. The van der Waals surface area contributed by atoms with Crippen LogP contribution in [0, 0.1) is 0 Å². The number of hydrogen-bond acceptors (Lipinski definition) is 4. The Bertz CT molecular complexity index is 627. The van der Waals surface area contributed by atoms with Crippen LogP contribution in [0.4, 0.5) is 0 Å². The van der Waals surface area contributed by atoms with Crippen LogP contribution in [0.25, 0.3) is 0 Å². The van der Waals surface area contributed by atoms with E-state index in [2.05, 4.69) is 5.16 Å². The minimum Gasteiger partial charge on any atom is -0.284 e. The second kappa shape index (κ2) is 7.73. The molecule has 1 aliphatic rings. The molecule has 0 bridgehead atoms. The highest BCUT2D eigenvalue weighted by molar-refractivity contribution is 6.30. The zero-order chi connectivity index (χ0) is 16.8. The number of carbonyl (C=O) groups excluding carboxylic acids is 3. The van der Waals surface area contributed by atoms with Crippen LogP contribution in [0.15, 0.2) is 24.3 Å². The molecule has 8 heteroatoms. The first-order chi connectivity index (χ1) is 11.0. The van der Waals surface area contributed by atoms with Crippen LogP contribution in [0.1, 0.15) is 31.2 Å². The van der Waals surface area contributed by atoms with Gasteiger partial charge in [-0.25, -0.2) is 4.79 Å². The van der Waals surface area contributed by atoms with Crippen LogP contribution < -0.4 is 10.9 Å². The minimum absolute atomic E-state index is 0.0674. The van der Waals surface area contributed by atoms with Crippen molar-refractivity contribution in [3.05, 3.63) is 34.9 Å². The standard InChI is InChI=1S/C15H16ClN3O4/c16-11-5-3-10(4-6-11)15(17)18-23-14(22)2-1-9-19-12(20)7-8-13(19)21/h3-6H,1-2,7-9H2,(H2,17,18)/p+1. The number of imide groups is 1. The number of nitrogen functional groups attached to an aromatic ring is 1. The Morgan fingerprint density at radius 1 is 1.22 bits per heavy atom. The van der Waals surface area contributed by atoms with Crippen molar-refractivity contribution in [3.63, 3.8) is 0 Å². The Kier molecular flexibility index (Phi) is 5.70. The average molecular weight is 339 g/mol. The number of nitrogens with zero attached hydrogens (tertiary/aromatic N) is 1. The summed E-state index contributed by atoms with van der Waals surface area (Å²) >= 11 is 5.77. The third-order valence-electron chi connectivity index (χ3n) is 3.35. The highest BCUT2D eigenvalue weighted by atomic mass is 35.5. The van der Waals surface area contributed by atoms with E-state index in [1.165, 1.54) is 4.90 Å². The van der Waals surface area contributed by atoms with Crippen LogP contribution in [0.2, 0.25) is 5.02 Å². The van der Waals surface area contributed by atoms with Crippen molar-refractivity contribution in [2.45, 2.75) is 25.7 Å². The predicted octanol–water partition coefficient (Wildman–Crippen LogP) is -0.487. The van der Waals surface area contributed by atoms with Crippen molar-refractivity contribution in [1.82, 2.24) is 4.90 Å². The Balaban J connectivity index is 1.76. The third kappa shape index (κ3) is 4.79. The monoisotopic (exact) mass is 338 g/mol.